The molecule has 1 N–H and O–H groups in total. The van der Waals surface area contributed by atoms with E-state index < -0.39 is 4.92 Å². The maximum Gasteiger partial charge on any atom is 0.277 e. The van der Waals surface area contributed by atoms with Crippen LogP contribution in [0.1, 0.15) is 15.9 Å². The Morgan fingerprint density at radius 1 is 0.957 bits per heavy atom. The van der Waals surface area contributed by atoms with E-state index in [2.05, 4.69) is 5.32 Å². The summed E-state index contributed by atoms with van der Waals surface area (Å²) in [7, 11) is 0. The van der Waals surface area contributed by atoms with Crippen LogP contribution in [0.4, 0.5) is 11.4 Å². The van der Waals surface area contributed by atoms with Gasteiger partial charge in [0.05, 0.1) is 10.3 Å². The summed E-state index contributed by atoms with van der Waals surface area (Å²) in [5.74, 6) is -0.292. The predicted molar refractivity (Wildman–Crippen MR) is 89.7 cm³/mol. The lowest BCUT2D eigenvalue weighted by molar-refractivity contribution is -0.383. The van der Waals surface area contributed by atoms with Gasteiger partial charge in [-0.2, -0.15) is 0 Å². The van der Waals surface area contributed by atoms with Gasteiger partial charge >= 0.3 is 0 Å². The maximum atomic E-state index is 12.5. The summed E-state index contributed by atoms with van der Waals surface area (Å²) in [5.41, 5.74) is 2.19. The Labute approximate surface area is 132 Å². The second kappa shape index (κ2) is 5.88. The number of anilines is 1. The first kappa shape index (κ1) is 14.7. The van der Waals surface area contributed by atoms with Crippen molar-refractivity contribution in [2.24, 2.45) is 0 Å². The van der Waals surface area contributed by atoms with Gasteiger partial charge in [-0.3, -0.25) is 14.9 Å². The molecule has 1 amide bonds. The third-order valence-electron chi connectivity index (χ3n) is 3.65. The number of aryl methyl sites for hydroxylation is 1. The highest BCUT2D eigenvalue weighted by atomic mass is 16.6. The highest BCUT2D eigenvalue weighted by Crippen LogP contribution is 2.28. The van der Waals surface area contributed by atoms with Crippen molar-refractivity contribution in [2.75, 3.05) is 5.32 Å². The van der Waals surface area contributed by atoms with Crippen molar-refractivity contribution < 1.29 is 9.72 Å². The van der Waals surface area contributed by atoms with Gasteiger partial charge in [-0.15, -0.1) is 0 Å². The van der Waals surface area contributed by atoms with Gasteiger partial charge in [0, 0.05) is 22.7 Å². The third kappa shape index (κ3) is 2.89. The fraction of sp³-hybridized carbons (Fsp3) is 0.0556. The second-order valence-corrected chi connectivity index (χ2v) is 5.26. The van der Waals surface area contributed by atoms with E-state index in [1.165, 1.54) is 12.1 Å². The number of rotatable bonds is 3. The van der Waals surface area contributed by atoms with Crippen LogP contribution in [0.25, 0.3) is 10.8 Å². The number of fused-ring (bicyclic) bond motifs is 1. The van der Waals surface area contributed by atoms with Gasteiger partial charge in [0.2, 0.25) is 0 Å². The van der Waals surface area contributed by atoms with Gasteiger partial charge in [-0.1, -0.05) is 35.9 Å². The van der Waals surface area contributed by atoms with Gasteiger partial charge in [-0.05, 0) is 31.2 Å². The fourth-order valence-corrected chi connectivity index (χ4v) is 2.48. The number of benzene rings is 3. The zero-order valence-electron chi connectivity index (χ0n) is 12.4. The minimum atomic E-state index is -0.440. The molecule has 5 nitrogen and oxygen atoms in total. The molecular formula is C18H14N2O3. The molecule has 3 aromatic carbocycles. The molecule has 0 fully saturated rings. The standard InChI is InChI=1S/C18H14N2O3/c1-12-6-8-13(9-7-12)19-18(21)16-10-11-17(20(22)23)15-5-3-2-4-14(15)16/h2-11H,1H3,(H,19,21). The molecule has 0 aliphatic heterocycles. The number of carbonyl (C=O) groups is 1. The summed E-state index contributed by atoms with van der Waals surface area (Å²) in [6, 6.07) is 17.2. The Balaban J connectivity index is 2.02. The van der Waals surface area contributed by atoms with Crippen molar-refractivity contribution >= 4 is 28.1 Å². The molecule has 0 aromatic heterocycles. The molecule has 3 aromatic rings. The number of nitrogens with zero attached hydrogens (tertiary/aromatic N) is 1. The minimum Gasteiger partial charge on any atom is -0.322 e. The SMILES string of the molecule is Cc1ccc(NC(=O)c2ccc([N+](=O)[O-])c3ccccc23)cc1. The number of non-ortho nitro benzene ring substituents is 1. The Morgan fingerprint density at radius 3 is 2.26 bits per heavy atom. The lowest BCUT2D eigenvalue weighted by Crippen LogP contribution is -2.12. The van der Waals surface area contributed by atoms with E-state index in [1.807, 2.05) is 31.2 Å². The van der Waals surface area contributed by atoms with Crippen LogP contribution in [-0.2, 0) is 0 Å². The van der Waals surface area contributed by atoms with Crippen LogP contribution in [0.15, 0.2) is 60.7 Å². The maximum absolute atomic E-state index is 12.5. The van der Waals surface area contributed by atoms with Crippen LogP contribution in [0.5, 0.6) is 0 Å². The van der Waals surface area contributed by atoms with Crippen molar-refractivity contribution in [3.05, 3.63) is 81.9 Å². The van der Waals surface area contributed by atoms with Gasteiger partial charge in [-0.25, -0.2) is 0 Å². The van der Waals surface area contributed by atoms with Crippen molar-refractivity contribution in [3.8, 4) is 0 Å². The molecule has 0 aliphatic carbocycles. The average Bonchev–Trinajstić information content (AvgIpc) is 2.55. The first-order valence-corrected chi connectivity index (χ1v) is 7.10. The average molecular weight is 306 g/mol. The smallest absolute Gasteiger partial charge is 0.277 e. The van der Waals surface area contributed by atoms with Crippen molar-refractivity contribution in [1.82, 2.24) is 0 Å². The predicted octanol–water partition coefficient (Wildman–Crippen LogP) is 4.31. The third-order valence-corrected chi connectivity index (χ3v) is 3.65. The first-order valence-electron chi connectivity index (χ1n) is 7.10. The highest BCUT2D eigenvalue weighted by Gasteiger charge is 2.17. The molecule has 114 valence electrons. The number of hydrogen-bond donors (Lipinski definition) is 1. The van der Waals surface area contributed by atoms with Crippen molar-refractivity contribution in [3.63, 3.8) is 0 Å². The lowest BCUT2D eigenvalue weighted by Gasteiger charge is -2.09. The summed E-state index contributed by atoms with van der Waals surface area (Å²) < 4.78 is 0. The Hall–Kier alpha value is -3.21. The second-order valence-electron chi connectivity index (χ2n) is 5.26. The van der Waals surface area contributed by atoms with E-state index >= 15 is 0 Å². The number of nitrogens with one attached hydrogen (secondary N) is 1. The molecule has 0 heterocycles. The molecule has 0 spiro atoms. The molecule has 0 saturated carbocycles. The number of hydrogen-bond acceptors (Lipinski definition) is 3. The zero-order valence-corrected chi connectivity index (χ0v) is 12.4. The van der Waals surface area contributed by atoms with Crippen LogP contribution < -0.4 is 5.32 Å². The van der Waals surface area contributed by atoms with E-state index in [4.69, 9.17) is 0 Å². The Kier molecular flexibility index (Phi) is 3.76. The number of amides is 1. The summed E-state index contributed by atoms with van der Waals surface area (Å²) in [6.07, 6.45) is 0. The molecule has 0 aliphatic rings. The zero-order chi connectivity index (χ0) is 16.4. The van der Waals surface area contributed by atoms with E-state index in [1.54, 1.807) is 24.3 Å². The normalized spacial score (nSPS) is 10.5. The lowest BCUT2D eigenvalue weighted by atomic mass is 10.0. The van der Waals surface area contributed by atoms with E-state index in [0.29, 0.717) is 22.0 Å². The van der Waals surface area contributed by atoms with Crippen molar-refractivity contribution in [2.45, 2.75) is 6.92 Å². The Morgan fingerprint density at radius 2 is 1.61 bits per heavy atom. The number of nitro groups is 1. The summed E-state index contributed by atoms with van der Waals surface area (Å²) in [5, 5.41) is 15.0. The molecule has 0 atom stereocenters. The van der Waals surface area contributed by atoms with Crippen LogP contribution in [0, 0.1) is 17.0 Å². The molecule has 0 bridgehead atoms. The van der Waals surface area contributed by atoms with Gasteiger partial charge < -0.3 is 5.32 Å². The Bertz CT molecular complexity index is 902. The summed E-state index contributed by atoms with van der Waals surface area (Å²) in [6.45, 7) is 1.97. The number of nitro benzene ring substituents is 1. The minimum absolute atomic E-state index is 0.00696. The first-order chi connectivity index (χ1) is 11.1. The van der Waals surface area contributed by atoms with Crippen LogP contribution in [-0.4, -0.2) is 10.8 Å². The highest BCUT2D eigenvalue weighted by molar-refractivity contribution is 6.14. The molecule has 0 saturated heterocycles. The fourth-order valence-electron chi connectivity index (χ4n) is 2.48. The van der Waals surface area contributed by atoms with E-state index in [9.17, 15) is 14.9 Å². The summed E-state index contributed by atoms with van der Waals surface area (Å²) >= 11 is 0. The van der Waals surface area contributed by atoms with E-state index in [-0.39, 0.29) is 11.6 Å². The molecule has 0 unspecified atom stereocenters. The molecule has 0 radical (unpaired) electrons. The summed E-state index contributed by atoms with van der Waals surface area (Å²) in [4.78, 5) is 23.2. The van der Waals surface area contributed by atoms with Gasteiger partial charge in [0.15, 0.2) is 0 Å². The van der Waals surface area contributed by atoms with E-state index in [0.717, 1.165) is 5.56 Å². The topological polar surface area (TPSA) is 72.2 Å². The molecule has 5 heteroatoms. The van der Waals surface area contributed by atoms with Crippen LogP contribution >= 0.6 is 0 Å². The van der Waals surface area contributed by atoms with Crippen LogP contribution in [0.3, 0.4) is 0 Å². The largest absolute Gasteiger partial charge is 0.322 e. The number of carbonyl (C=O) groups excluding carboxylic acids is 1. The van der Waals surface area contributed by atoms with Gasteiger partial charge in [0.25, 0.3) is 11.6 Å². The molecular weight excluding hydrogens is 292 g/mol. The van der Waals surface area contributed by atoms with Crippen LogP contribution in [0.2, 0.25) is 0 Å². The monoisotopic (exact) mass is 306 g/mol. The van der Waals surface area contributed by atoms with Crippen molar-refractivity contribution in [1.29, 1.82) is 0 Å². The molecule has 23 heavy (non-hydrogen) atoms. The van der Waals surface area contributed by atoms with Gasteiger partial charge in [0.1, 0.15) is 0 Å². The molecule has 3 rings (SSSR count). The quantitative estimate of drug-likeness (QED) is 0.579.